The summed E-state index contributed by atoms with van der Waals surface area (Å²) >= 11 is 0. The third-order valence-electron chi connectivity index (χ3n) is 5.22. The monoisotopic (exact) mass is 352 g/mol. The van der Waals surface area contributed by atoms with Gasteiger partial charge in [0.15, 0.2) is 0 Å². The van der Waals surface area contributed by atoms with E-state index < -0.39 is 0 Å². The van der Waals surface area contributed by atoms with E-state index in [4.69, 9.17) is 9.84 Å². The van der Waals surface area contributed by atoms with Gasteiger partial charge in [-0.1, -0.05) is 66.7 Å². The number of aromatic amines is 1. The van der Waals surface area contributed by atoms with Gasteiger partial charge in [-0.25, -0.2) is 0 Å². The second-order valence-electron chi connectivity index (χ2n) is 9.61. The summed E-state index contributed by atoms with van der Waals surface area (Å²) < 4.78 is 5.93. The fraction of sp³-hybridized carbons (Fsp3) is 0.522. The largest absolute Gasteiger partial charge is 0.496 e. The van der Waals surface area contributed by atoms with E-state index in [9.17, 15) is 0 Å². The maximum atomic E-state index is 5.93. The number of ether oxygens (including phenoxy) is 1. The Balaban J connectivity index is 2.30. The maximum Gasteiger partial charge on any atom is 0.132 e. The van der Waals surface area contributed by atoms with Crippen molar-refractivity contribution in [3.63, 3.8) is 0 Å². The molecule has 1 atom stereocenters. The summed E-state index contributed by atoms with van der Waals surface area (Å²) in [6, 6.07) is 4.57. The molecule has 26 heavy (non-hydrogen) atoms. The molecule has 0 aliphatic heterocycles. The number of hydrogen-bond donors (Lipinski definition) is 1. The Labute approximate surface area is 157 Å². The lowest BCUT2D eigenvalue weighted by molar-refractivity contribution is 0.398. The molecule has 1 heterocycles. The van der Waals surface area contributed by atoms with E-state index in [1.54, 1.807) is 7.11 Å². The van der Waals surface area contributed by atoms with Gasteiger partial charge in [0, 0.05) is 22.4 Å². The van der Waals surface area contributed by atoms with Crippen LogP contribution in [0, 0.1) is 5.92 Å². The standard InChI is InChI=1S/C23H32N2O/c1-14-9-10-16-19(11-14)24-25-20(16)17-12-15(22(2,3)4)13-18(21(17)26-8)23(5,6)7/h9-10,12-14H,11H2,1-8H3,(H,24,25). The smallest absolute Gasteiger partial charge is 0.132 e. The number of rotatable bonds is 2. The fourth-order valence-electron chi connectivity index (χ4n) is 3.59. The van der Waals surface area contributed by atoms with Crippen LogP contribution >= 0.6 is 0 Å². The minimum absolute atomic E-state index is 0.0118. The molecule has 0 bridgehead atoms. The van der Waals surface area contributed by atoms with Crippen molar-refractivity contribution in [2.75, 3.05) is 7.11 Å². The zero-order chi connectivity index (χ0) is 19.3. The first kappa shape index (κ1) is 18.8. The molecule has 0 spiro atoms. The molecule has 1 N–H and O–H groups in total. The molecule has 0 saturated heterocycles. The zero-order valence-corrected chi connectivity index (χ0v) is 17.4. The molecular formula is C23H32N2O. The maximum absolute atomic E-state index is 5.93. The SMILES string of the molecule is COc1c(-c2n[nH]c3c2C=CC(C)C3)cc(C(C)(C)C)cc1C(C)(C)C. The van der Waals surface area contributed by atoms with Crippen LogP contribution in [0.2, 0.25) is 0 Å². The van der Waals surface area contributed by atoms with Crippen molar-refractivity contribution >= 4 is 6.08 Å². The highest BCUT2D eigenvalue weighted by Gasteiger charge is 2.28. The van der Waals surface area contributed by atoms with Crippen LogP contribution in [0.25, 0.3) is 17.3 Å². The summed E-state index contributed by atoms with van der Waals surface area (Å²) in [7, 11) is 1.77. The van der Waals surface area contributed by atoms with Gasteiger partial charge < -0.3 is 4.74 Å². The number of methoxy groups -OCH3 is 1. The molecule has 3 heteroatoms. The average molecular weight is 353 g/mol. The second-order valence-corrected chi connectivity index (χ2v) is 9.61. The molecule has 0 fully saturated rings. The Morgan fingerprint density at radius 2 is 1.77 bits per heavy atom. The zero-order valence-electron chi connectivity index (χ0n) is 17.4. The number of fused-ring (bicyclic) bond motifs is 1. The van der Waals surface area contributed by atoms with Gasteiger partial charge >= 0.3 is 0 Å². The number of hydrogen-bond acceptors (Lipinski definition) is 2. The summed E-state index contributed by atoms with van der Waals surface area (Å²) in [5, 5.41) is 7.97. The van der Waals surface area contributed by atoms with E-state index in [0.717, 1.165) is 23.4 Å². The third kappa shape index (κ3) is 3.32. The van der Waals surface area contributed by atoms with E-state index in [-0.39, 0.29) is 10.8 Å². The molecule has 1 aliphatic carbocycles. The van der Waals surface area contributed by atoms with Crippen LogP contribution in [0.1, 0.15) is 70.9 Å². The van der Waals surface area contributed by atoms with Gasteiger partial charge in [-0.2, -0.15) is 5.10 Å². The molecule has 2 aromatic rings. The predicted octanol–water partition coefficient (Wildman–Crippen LogP) is 5.89. The van der Waals surface area contributed by atoms with Crippen LogP contribution in [0.5, 0.6) is 5.75 Å². The topological polar surface area (TPSA) is 37.9 Å². The van der Waals surface area contributed by atoms with Gasteiger partial charge in [-0.3, -0.25) is 5.10 Å². The van der Waals surface area contributed by atoms with Crippen molar-refractivity contribution in [3.05, 3.63) is 40.6 Å². The highest BCUT2D eigenvalue weighted by atomic mass is 16.5. The minimum Gasteiger partial charge on any atom is -0.496 e. The van der Waals surface area contributed by atoms with Crippen LogP contribution in [0.4, 0.5) is 0 Å². The normalized spacial score (nSPS) is 17.3. The molecule has 0 radical (unpaired) electrons. The lowest BCUT2D eigenvalue weighted by Crippen LogP contribution is -2.18. The number of aromatic nitrogens is 2. The molecule has 3 nitrogen and oxygen atoms in total. The van der Waals surface area contributed by atoms with Gasteiger partial charge in [0.25, 0.3) is 0 Å². The van der Waals surface area contributed by atoms with E-state index >= 15 is 0 Å². The molecule has 0 saturated carbocycles. The summed E-state index contributed by atoms with van der Waals surface area (Å²) in [5.74, 6) is 1.48. The Bertz CT molecular complexity index is 844. The number of H-pyrrole nitrogens is 1. The number of nitrogens with one attached hydrogen (secondary N) is 1. The van der Waals surface area contributed by atoms with Crippen LogP contribution in [0.3, 0.4) is 0 Å². The molecule has 140 valence electrons. The van der Waals surface area contributed by atoms with Crippen LogP contribution in [0.15, 0.2) is 18.2 Å². The average Bonchev–Trinajstić information content (AvgIpc) is 2.94. The van der Waals surface area contributed by atoms with E-state index in [0.29, 0.717) is 5.92 Å². The highest BCUT2D eigenvalue weighted by molar-refractivity contribution is 5.80. The summed E-state index contributed by atoms with van der Waals surface area (Å²) in [4.78, 5) is 0. The Hall–Kier alpha value is -2.03. The van der Waals surface area contributed by atoms with E-state index in [1.165, 1.54) is 22.4 Å². The van der Waals surface area contributed by atoms with Gasteiger partial charge in [0.1, 0.15) is 11.4 Å². The third-order valence-corrected chi connectivity index (χ3v) is 5.22. The lowest BCUT2D eigenvalue weighted by atomic mass is 9.78. The van der Waals surface area contributed by atoms with Gasteiger partial charge in [-0.15, -0.1) is 0 Å². The first-order chi connectivity index (χ1) is 12.0. The van der Waals surface area contributed by atoms with Gasteiger partial charge in [0.2, 0.25) is 0 Å². The quantitative estimate of drug-likeness (QED) is 0.732. The molecule has 1 aliphatic rings. The number of benzene rings is 1. The van der Waals surface area contributed by atoms with Crippen molar-refractivity contribution in [3.8, 4) is 17.0 Å². The van der Waals surface area contributed by atoms with Crippen LogP contribution in [-0.4, -0.2) is 17.3 Å². The molecule has 1 aromatic carbocycles. The van der Waals surface area contributed by atoms with E-state index in [2.05, 4.69) is 77.8 Å². The Kier molecular flexibility index (Phi) is 4.54. The number of nitrogens with zero attached hydrogens (tertiary/aromatic N) is 1. The van der Waals surface area contributed by atoms with Crippen molar-refractivity contribution in [1.29, 1.82) is 0 Å². The van der Waals surface area contributed by atoms with Gasteiger partial charge in [-0.05, 0) is 34.8 Å². The first-order valence-electron chi connectivity index (χ1n) is 9.51. The summed E-state index contributed by atoms with van der Waals surface area (Å²) in [5.41, 5.74) is 7.08. The fourth-order valence-corrected chi connectivity index (χ4v) is 3.59. The predicted molar refractivity (Wildman–Crippen MR) is 110 cm³/mol. The van der Waals surface area contributed by atoms with Crippen molar-refractivity contribution in [2.24, 2.45) is 5.92 Å². The van der Waals surface area contributed by atoms with Gasteiger partial charge in [0.05, 0.1) is 7.11 Å². The first-order valence-corrected chi connectivity index (χ1v) is 9.51. The van der Waals surface area contributed by atoms with Crippen LogP contribution in [-0.2, 0) is 17.3 Å². The van der Waals surface area contributed by atoms with E-state index in [1.807, 2.05) is 0 Å². The highest BCUT2D eigenvalue weighted by Crippen LogP contribution is 2.44. The molecule has 3 rings (SSSR count). The Morgan fingerprint density at radius 1 is 1.08 bits per heavy atom. The summed E-state index contributed by atoms with van der Waals surface area (Å²) in [6.45, 7) is 15.7. The molecule has 0 amide bonds. The molecule has 1 unspecified atom stereocenters. The number of allylic oxidation sites excluding steroid dienone is 1. The van der Waals surface area contributed by atoms with Crippen molar-refractivity contribution in [1.82, 2.24) is 10.2 Å². The Morgan fingerprint density at radius 3 is 2.35 bits per heavy atom. The second kappa shape index (κ2) is 6.29. The minimum atomic E-state index is -0.0118. The molecule has 1 aromatic heterocycles. The lowest BCUT2D eigenvalue weighted by Gasteiger charge is -2.28. The van der Waals surface area contributed by atoms with Crippen LogP contribution < -0.4 is 4.74 Å². The van der Waals surface area contributed by atoms with Crippen molar-refractivity contribution in [2.45, 2.75) is 65.7 Å². The summed E-state index contributed by atoms with van der Waals surface area (Å²) in [6.07, 6.45) is 5.49. The molecular weight excluding hydrogens is 320 g/mol. The van der Waals surface area contributed by atoms with Crippen molar-refractivity contribution < 1.29 is 4.74 Å².